The number of thioether (sulfide) groups is 2. The Balaban J connectivity index is 3.13. The maximum atomic E-state index is 9.61. The van der Waals surface area contributed by atoms with Crippen LogP contribution in [0.1, 0.15) is 142 Å². The van der Waals surface area contributed by atoms with Gasteiger partial charge in [0.2, 0.25) is 0 Å². The summed E-state index contributed by atoms with van der Waals surface area (Å²) in [5, 5.41) is 0. The lowest BCUT2D eigenvalue weighted by Crippen LogP contribution is -2.01. The van der Waals surface area contributed by atoms with Crippen molar-refractivity contribution in [2.75, 3.05) is 36.2 Å². The lowest BCUT2D eigenvalue weighted by atomic mass is 10.1. The summed E-state index contributed by atoms with van der Waals surface area (Å²) < 4.78 is 9.64. The highest BCUT2D eigenvalue weighted by molar-refractivity contribution is 7.99. The molecular formula is C28H59O5PS2. The number of rotatable bonds is 32. The highest BCUT2D eigenvalue weighted by atomic mass is 32.2. The monoisotopic (exact) mass is 570 g/mol. The molecule has 36 heavy (non-hydrogen) atoms. The molecule has 0 aromatic carbocycles. The molecule has 0 aromatic rings. The molecule has 0 saturated carbocycles. The second kappa shape index (κ2) is 34.0. The molecule has 0 aliphatic carbocycles. The van der Waals surface area contributed by atoms with Crippen molar-refractivity contribution in [3.63, 3.8) is 0 Å². The summed E-state index contributed by atoms with van der Waals surface area (Å²) >= 11 is 3.73. The van der Waals surface area contributed by atoms with Crippen molar-refractivity contribution in [1.82, 2.24) is 0 Å². The van der Waals surface area contributed by atoms with E-state index in [0.717, 1.165) is 23.0 Å². The van der Waals surface area contributed by atoms with E-state index >= 15 is 0 Å². The fourth-order valence-corrected chi connectivity index (χ4v) is 5.90. The van der Waals surface area contributed by atoms with Gasteiger partial charge in [-0.25, -0.2) is 9.78 Å². The zero-order chi connectivity index (χ0) is 26.2. The van der Waals surface area contributed by atoms with Gasteiger partial charge in [-0.15, -0.1) is 0 Å². The minimum absolute atomic E-state index is 0.444. The third-order valence-corrected chi connectivity index (χ3v) is 8.67. The van der Waals surface area contributed by atoms with E-state index in [1.807, 2.05) is 23.5 Å². The minimum atomic E-state index is -2.13. The maximum Gasteiger partial charge on any atom is 0.389 e. The molecule has 0 spiro atoms. The van der Waals surface area contributed by atoms with Crippen molar-refractivity contribution in [1.29, 1.82) is 0 Å². The van der Waals surface area contributed by atoms with Crippen molar-refractivity contribution in [3.8, 4) is 0 Å². The van der Waals surface area contributed by atoms with E-state index in [1.165, 1.54) is 128 Å². The SMILES string of the molecule is CCCCCCCCCCCCSCCOOP(O)OOCCSCCCCCCCCCCCC. The van der Waals surface area contributed by atoms with E-state index in [-0.39, 0.29) is 0 Å². The van der Waals surface area contributed by atoms with Gasteiger partial charge in [0, 0.05) is 11.5 Å². The van der Waals surface area contributed by atoms with E-state index in [0.29, 0.717) is 13.2 Å². The Labute approximate surface area is 234 Å². The Bertz CT molecular complexity index is 363. The predicted molar refractivity (Wildman–Crippen MR) is 162 cm³/mol. The fourth-order valence-electron chi connectivity index (χ4n) is 3.95. The molecule has 0 rings (SSSR count). The van der Waals surface area contributed by atoms with Crippen LogP contribution in [-0.4, -0.2) is 41.1 Å². The van der Waals surface area contributed by atoms with Gasteiger partial charge in [-0.1, -0.05) is 129 Å². The number of hydrogen-bond acceptors (Lipinski definition) is 7. The number of hydrogen-bond donors (Lipinski definition) is 1. The average molecular weight is 571 g/mol. The summed E-state index contributed by atoms with van der Waals surface area (Å²) in [5.74, 6) is 4.03. The van der Waals surface area contributed by atoms with Crippen molar-refractivity contribution in [2.24, 2.45) is 0 Å². The highest BCUT2D eigenvalue weighted by Crippen LogP contribution is 2.33. The molecule has 0 heterocycles. The van der Waals surface area contributed by atoms with Crippen LogP contribution in [0.25, 0.3) is 0 Å². The Morgan fingerprint density at radius 1 is 0.444 bits per heavy atom. The van der Waals surface area contributed by atoms with Crippen molar-refractivity contribution < 1.29 is 24.0 Å². The fraction of sp³-hybridized carbons (Fsp3) is 1.00. The lowest BCUT2D eigenvalue weighted by Gasteiger charge is -2.09. The first-order chi connectivity index (χ1) is 17.8. The lowest BCUT2D eigenvalue weighted by molar-refractivity contribution is -0.262. The van der Waals surface area contributed by atoms with Crippen LogP contribution in [-0.2, 0) is 19.1 Å². The largest absolute Gasteiger partial charge is 0.389 e. The first-order valence-corrected chi connectivity index (χ1v) is 18.5. The van der Waals surface area contributed by atoms with Gasteiger partial charge in [0.25, 0.3) is 0 Å². The Kier molecular flexibility index (Phi) is 34.8. The summed E-state index contributed by atoms with van der Waals surface area (Å²) in [6, 6.07) is 0. The number of unbranched alkanes of at least 4 members (excludes halogenated alkanes) is 18. The van der Waals surface area contributed by atoms with Gasteiger partial charge in [-0.05, 0) is 24.3 Å². The third kappa shape index (κ3) is 33.0. The van der Waals surface area contributed by atoms with E-state index < -0.39 is 8.60 Å². The summed E-state index contributed by atoms with van der Waals surface area (Å²) in [6.07, 6.45) is 27.4. The molecule has 1 N–H and O–H groups in total. The van der Waals surface area contributed by atoms with Gasteiger partial charge in [0.05, 0.1) is 13.2 Å². The van der Waals surface area contributed by atoms with Crippen LogP contribution in [0.15, 0.2) is 0 Å². The van der Waals surface area contributed by atoms with Gasteiger partial charge < -0.3 is 4.89 Å². The third-order valence-electron chi connectivity index (χ3n) is 6.14. The standard InChI is InChI=1S/C28H59O5PS2/c1-3-5-7-9-11-13-15-17-19-21-25-35-27-23-30-32-34(29)33-31-24-28-36-26-22-20-18-16-14-12-10-8-6-4-2/h29H,3-28H2,1-2H3. The Morgan fingerprint density at radius 2 is 0.750 bits per heavy atom. The molecule has 0 radical (unpaired) electrons. The predicted octanol–water partition coefficient (Wildman–Crippen LogP) is 10.4. The molecule has 5 nitrogen and oxygen atoms in total. The van der Waals surface area contributed by atoms with Crippen molar-refractivity contribution >= 4 is 32.1 Å². The van der Waals surface area contributed by atoms with Crippen LogP contribution in [0.5, 0.6) is 0 Å². The molecule has 0 aromatic heterocycles. The van der Waals surface area contributed by atoms with Gasteiger partial charge >= 0.3 is 8.60 Å². The molecule has 0 aliphatic heterocycles. The average Bonchev–Trinajstić information content (AvgIpc) is 2.88. The van der Waals surface area contributed by atoms with Crippen LogP contribution < -0.4 is 0 Å². The Morgan fingerprint density at radius 3 is 1.08 bits per heavy atom. The minimum Gasteiger partial charge on any atom is -0.325 e. The molecule has 0 bridgehead atoms. The van der Waals surface area contributed by atoms with Crippen LogP contribution in [0.2, 0.25) is 0 Å². The van der Waals surface area contributed by atoms with E-state index in [4.69, 9.17) is 19.1 Å². The topological polar surface area (TPSA) is 57.2 Å². The summed E-state index contributed by atoms with van der Waals surface area (Å²) in [5.41, 5.74) is 0. The van der Waals surface area contributed by atoms with Gasteiger partial charge in [-0.2, -0.15) is 32.9 Å². The van der Waals surface area contributed by atoms with E-state index in [2.05, 4.69) is 13.8 Å². The van der Waals surface area contributed by atoms with Gasteiger partial charge in [0.15, 0.2) is 0 Å². The van der Waals surface area contributed by atoms with Crippen molar-refractivity contribution in [3.05, 3.63) is 0 Å². The van der Waals surface area contributed by atoms with E-state index in [1.54, 1.807) is 0 Å². The zero-order valence-corrected chi connectivity index (χ0v) is 26.3. The molecule has 0 atom stereocenters. The second-order valence-electron chi connectivity index (χ2n) is 9.62. The molecule has 0 fully saturated rings. The zero-order valence-electron chi connectivity index (χ0n) is 23.7. The van der Waals surface area contributed by atoms with Crippen LogP contribution in [0, 0.1) is 0 Å². The molecule has 8 heteroatoms. The highest BCUT2D eigenvalue weighted by Gasteiger charge is 2.09. The van der Waals surface area contributed by atoms with Crippen molar-refractivity contribution in [2.45, 2.75) is 142 Å². The molecule has 0 aliphatic rings. The Hall–Kier alpha value is 0.930. The molecule has 218 valence electrons. The van der Waals surface area contributed by atoms with Crippen LogP contribution in [0.3, 0.4) is 0 Å². The quantitative estimate of drug-likeness (QED) is 0.0373. The smallest absolute Gasteiger partial charge is 0.325 e. The van der Waals surface area contributed by atoms with Gasteiger partial charge in [0.1, 0.15) is 0 Å². The first-order valence-electron chi connectivity index (χ1n) is 15.0. The molecule has 0 unspecified atom stereocenters. The summed E-state index contributed by atoms with van der Waals surface area (Å²) in [6.45, 7) is 5.43. The van der Waals surface area contributed by atoms with Gasteiger partial charge in [-0.3, -0.25) is 0 Å². The molecular weight excluding hydrogens is 511 g/mol. The normalized spacial score (nSPS) is 11.7. The van der Waals surface area contributed by atoms with Crippen LogP contribution >= 0.6 is 32.1 Å². The second-order valence-corrected chi connectivity index (χ2v) is 12.8. The summed E-state index contributed by atoms with van der Waals surface area (Å²) in [4.78, 5) is 19.6. The van der Waals surface area contributed by atoms with E-state index in [9.17, 15) is 4.89 Å². The molecule has 0 amide bonds. The maximum absolute atomic E-state index is 9.61. The first kappa shape index (κ1) is 36.9. The van der Waals surface area contributed by atoms with Crippen LogP contribution in [0.4, 0.5) is 0 Å². The molecule has 0 saturated heterocycles. The summed E-state index contributed by atoms with van der Waals surface area (Å²) in [7, 11) is -2.13.